The van der Waals surface area contributed by atoms with E-state index in [-0.39, 0.29) is 17.1 Å². The van der Waals surface area contributed by atoms with Crippen LogP contribution in [0, 0.1) is 0 Å². The van der Waals surface area contributed by atoms with Crippen LogP contribution in [-0.2, 0) is 0 Å². The second-order valence-electron chi connectivity index (χ2n) is 3.19. The number of pyridine rings is 1. The van der Waals surface area contributed by atoms with E-state index in [1.54, 1.807) is 0 Å². The number of hydrogen-bond donors (Lipinski definition) is 2. The van der Waals surface area contributed by atoms with Crippen LogP contribution in [0.3, 0.4) is 0 Å². The fraction of sp³-hybridized carbons (Fsp3) is 0.333. The number of rotatable bonds is 4. The van der Waals surface area contributed by atoms with Crippen LogP contribution in [0.15, 0.2) is 12.3 Å². The number of ether oxygens (including phenoxy) is 1. The van der Waals surface area contributed by atoms with Gasteiger partial charge >= 0.3 is 6.18 Å². The van der Waals surface area contributed by atoms with Crippen molar-refractivity contribution in [3.05, 3.63) is 17.8 Å². The van der Waals surface area contributed by atoms with Crippen molar-refractivity contribution in [3.63, 3.8) is 0 Å². The Bertz CT molecular complexity index is 420. The van der Waals surface area contributed by atoms with Gasteiger partial charge in [0, 0.05) is 6.07 Å². The third-order valence-electron chi connectivity index (χ3n) is 1.81. The maximum Gasteiger partial charge on any atom is 0.392 e. The summed E-state index contributed by atoms with van der Waals surface area (Å²) in [4.78, 5) is 14.5. The second-order valence-corrected chi connectivity index (χ2v) is 3.19. The highest BCUT2D eigenvalue weighted by atomic mass is 19.4. The number of nitrogen functional groups attached to an aromatic ring is 1. The van der Waals surface area contributed by atoms with Crippen molar-refractivity contribution in [1.82, 2.24) is 4.98 Å². The number of carbonyl (C=O) groups excluding carboxylic acids is 1. The number of aromatic nitrogens is 1. The van der Waals surface area contributed by atoms with Crippen molar-refractivity contribution in [2.24, 2.45) is 5.73 Å². The molecule has 0 aliphatic carbocycles. The van der Waals surface area contributed by atoms with E-state index in [9.17, 15) is 18.0 Å². The molecule has 0 unspecified atom stereocenters. The first-order chi connectivity index (χ1) is 7.79. The first-order valence-corrected chi connectivity index (χ1v) is 4.54. The molecule has 1 aromatic rings. The minimum atomic E-state index is -4.31. The van der Waals surface area contributed by atoms with E-state index < -0.39 is 25.1 Å². The van der Waals surface area contributed by atoms with Crippen LogP contribution in [0.25, 0.3) is 0 Å². The maximum absolute atomic E-state index is 11.8. The van der Waals surface area contributed by atoms with Crippen LogP contribution in [0.2, 0.25) is 0 Å². The highest BCUT2D eigenvalue weighted by molar-refractivity contribution is 5.97. The van der Waals surface area contributed by atoms with Crippen LogP contribution in [0.4, 0.5) is 18.9 Å². The molecule has 1 rings (SSSR count). The highest BCUT2D eigenvalue weighted by Crippen LogP contribution is 2.21. The van der Waals surface area contributed by atoms with E-state index >= 15 is 0 Å². The molecule has 0 saturated carbocycles. The fourth-order valence-corrected chi connectivity index (χ4v) is 1.01. The normalized spacial score (nSPS) is 11.2. The van der Waals surface area contributed by atoms with Gasteiger partial charge in [0.1, 0.15) is 0 Å². The van der Waals surface area contributed by atoms with E-state index in [4.69, 9.17) is 16.2 Å². The Morgan fingerprint density at radius 3 is 2.65 bits per heavy atom. The Morgan fingerprint density at radius 2 is 2.12 bits per heavy atom. The van der Waals surface area contributed by atoms with Gasteiger partial charge in [-0.05, 0) is 0 Å². The van der Waals surface area contributed by atoms with Crippen LogP contribution < -0.4 is 16.2 Å². The molecule has 0 spiro atoms. The summed E-state index contributed by atoms with van der Waals surface area (Å²) in [6.45, 7) is -0.585. The van der Waals surface area contributed by atoms with Gasteiger partial charge in [-0.1, -0.05) is 0 Å². The zero-order chi connectivity index (χ0) is 13.1. The predicted octanol–water partition coefficient (Wildman–Crippen LogP) is 1.09. The van der Waals surface area contributed by atoms with Gasteiger partial charge in [0.15, 0.2) is 0 Å². The summed E-state index contributed by atoms with van der Waals surface area (Å²) in [6, 6.07) is 1.11. The van der Waals surface area contributed by atoms with Crippen molar-refractivity contribution in [1.29, 1.82) is 0 Å². The molecule has 17 heavy (non-hydrogen) atoms. The number of nitrogens with two attached hydrogens (primary N) is 2. The zero-order valence-electron chi connectivity index (χ0n) is 8.62. The number of carbonyl (C=O) groups is 1. The summed E-state index contributed by atoms with van der Waals surface area (Å²) in [5.74, 6) is -0.928. The van der Waals surface area contributed by atoms with Crippen molar-refractivity contribution < 1.29 is 22.7 Å². The number of halogens is 3. The molecule has 0 aliphatic rings. The number of alkyl halides is 3. The lowest BCUT2D eigenvalue weighted by Gasteiger charge is -2.09. The van der Waals surface area contributed by atoms with Gasteiger partial charge in [0.25, 0.3) is 5.91 Å². The van der Waals surface area contributed by atoms with Gasteiger partial charge in [-0.2, -0.15) is 13.2 Å². The summed E-state index contributed by atoms with van der Waals surface area (Å²) in [5, 5.41) is 0. The van der Waals surface area contributed by atoms with Gasteiger partial charge in [-0.3, -0.25) is 4.79 Å². The fourth-order valence-electron chi connectivity index (χ4n) is 1.01. The second kappa shape index (κ2) is 4.89. The molecule has 0 saturated heterocycles. The Morgan fingerprint density at radius 1 is 1.47 bits per heavy atom. The van der Waals surface area contributed by atoms with E-state index in [0.717, 1.165) is 12.3 Å². The Hall–Kier alpha value is -1.99. The molecule has 94 valence electrons. The Labute approximate surface area is 94.6 Å². The number of nitrogens with zero attached hydrogens (tertiary/aromatic N) is 1. The predicted molar refractivity (Wildman–Crippen MR) is 53.3 cm³/mol. The van der Waals surface area contributed by atoms with Crippen LogP contribution in [0.5, 0.6) is 5.88 Å². The largest absolute Gasteiger partial charge is 0.477 e. The van der Waals surface area contributed by atoms with Crippen LogP contribution in [0.1, 0.15) is 16.8 Å². The van der Waals surface area contributed by atoms with E-state index in [2.05, 4.69) is 4.98 Å². The average Bonchev–Trinajstić information content (AvgIpc) is 2.18. The molecule has 0 atom stereocenters. The lowest BCUT2D eigenvalue weighted by atomic mass is 10.2. The summed E-state index contributed by atoms with van der Waals surface area (Å²) >= 11 is 0. The van der Waals surface area contributed by atoms with E-state index in [0.29, 0.717) is 0 Å². The molecule has 5 nitrogen and oxygen atoms in total. The quantitative estimate of drug-likeness (QED) is 0.835. The highest BCUT2D eigenvalue weighted by Gasteiger charge is 2.27. The molecule has 0 bridgehead atoms. The molecule has 1 aromatic heterocycles. The third-order valence-corrected chi connectivity index (χ3v) is 1.81. The third kappa shape index (κ3) is 4.17. The van der Waals surface area contributed by atoms with Crippen molar-refractivity contribution >= 4 is 11.6 Å². The lowest BCUT2D eigenvalue weighted by molar-refractivity contribution is -0.139. The molecular formula is C9H10F3N3O2. The smallest absolute Gasteiger partial charge is 0.392 e. The van der Waals surface area contributed by atoms with E-state index in [1.165, 1.54) is 0 Å². The molecular weight excluding hydrogens is 239 g/mol. The number of amides is 1. The molecule has 1 amide bonds. The molecule has 0 radical (unpaired) electrons. The maximum atomic E-state index is 11.8. The van der Waals surface area contributed by atoms with Crippen molar-refractivity contribution in [2.75, 3.05) is 12.3 Å². The number of primary amides is 1. The molecule has 0 aliphatic heterocycles. The van der Waals surface area contributed by atoms with Crippen molar-refractivity contribution in [2.45, 2.75) is 12.6 Å². The molecule has 0 aromatic carbocycles. The summed E-state index contributed by atoms with van der Waals surface area (Å²) < 4.78 is 40.2. The van der Waals surface area contributed by atoms with Gasteiger partial charge < -0.3 is 16.2 Å². The standard InChI is InChI=1S/C9H10F3N3O2/c10-9(11,12)1-2-17-7-3-5(8(14)16)6(13)4-15-7/h3-4H,1-2,13H2,(H2,14,16). The van der Waals surface area contributed by atoms with Crippen LogP contribution in [-0.4, -0.2) is 23.7 Å². The summed E-state index contributed by atoms with van der Waals surface area (Å²) in [7, 11) is 0. The number of hydrogen-bond acceptors (Lipinski definition) is 4. The average molecular weight is 249 g/mol. The first kappa shape index (κ1) is 13.1. The number of anilines is 1. The zero-order valence-corrected chi connectivity index (χ0v) is 8.62. The molecule has 0 fully saturated rings. The van der Waals surface area contributed by atoms with Crippen LogP contribution >= 0.6 is 0 Å². The van der Waals surface area contributed by atoms with Gasteiger partial charge in [0.05, 0.1) is 30.5 Å². The first-order valence-electron chi connectivity index (χ1n) is 4.54. The topological polar surface area (TPSA) is 91.2 Å². The monoisotopic (exact) mass is 249 g/mol. The minimum absolute atomic E-state index is 0.0398. The Kier molecular flexibility index (Phi) is 3.77. The molecule has 8 heteroatoms. The minimum Gasteiger partial charge on any atom is -0.477 e. The summed E-state index contributed by atoms with van der Waals surface area (Å²) in [6.07, 6.45) is -4.31. The van der Waals surface area contributed by atoms with Crippen molar-refractivity contribution in [3.8, 4) is 5.88 Å². The van der Waals surface area contributed by atoms with Gasteiger partial charge in [-0.15, -0.1) is 0 Å². The Balaban J connectivity index is 2.67. The molecule has 1 heterocycles. The summed E-state index contributed by atoms with van der Waals surface area (Å²) in [5.41, 5.74) is 10.4. The SMILES string of the molecule is NC(=O)c1cc(OCCC(F)(F)F)ncc1N. The van der Waals surface area contributed by atoms with Gasteiger partial charge in [-0.25, -0.2) is 4.98 Å². The van der Waals surface area contributed by atoms with Gasteiger partial charge in [0.2, 0.25) is 5.88 Å². The lowest BCUT2D eigenvalue weighted by Crippen LogP contribution is -2.16. The molecule has 4 N–H and O–H groups in total. The van der Waals surface area contributed by atoms with E-state index in [1.807, 2.05) is 0 Å².